The van der Waals surface area contributed by atoms with Crippen molar-refractivity contribution in [2.45, 2.75) is 45.1 Å². The molecule has 1 saturated heterocycles. The molecule has 2 rings (SSSR count). The average molecular weight is 294 g/mol. The number of hydrogen-bond donors (Lipinski definition) is 2. The number of likely N-dealkylation sites (tertiary alicyclic amines) is 1. The first-order chi connectivity index (χ1) is 9.90. The molecule has 2 N–H and O–H groups in total. The molecule has 0 saturated carbocycles. The van der Waals surface area contributed by atoms with Crippen molar-refractivity contribution in [3.63, 3.8) is 0 Å². The third-order valence-electron chi connectivity index (χ3n) is 3.83. The first-order valence-electron chi connectivity index (χ1n) is 7.56. The number of anilines is 1. The minimum absolute atomic E-state index is 0.0467. The van der Waals surface area contributed by atoms with Crippen molar-refractivity contribution in [2.24, 2.45) is 0 Å². The van der Waals surface area contributed by atoms with Crippen molar-refractivity contribution in [2.75, 3.05) is 32.0 Å². The van der Waals surface area contributed by atoms with Gasteiger partial charge in [-0.05, 0) is 26.4 Å². The van der Waals surface area contributed by atoms with E-state index in [1.807, 2.05) is 7.05 Å². The SMILES string of the molecule is CNCC1CCCN1CC(=O)Nc1cc(C(C)(C)C)no1. The van der Waals surface area contributed by atoms with Crippen LogP contribution in [0, 0.1) is 0 Å². The van der Waals surface area contributed by atoms with E-state index in [0.29, 0.717) is 18.5 Å². The number of nitrogens with one attached hydrogen (secondary N) is 2. The monoisotopic (exact) mass is 294 g/mol. The van der Waals surface area contributed by atoms with Crippen LogP contribution in [0.25, 0.3) is 0 Å². The Labute approximate surface area is 126 Å². The van der Waals surface area contributed by atoms with Crippen molar-refractivity contribution in [1.82, 2.24) is 15.4 Å². The molecule has 0 bridgehead atoms. The summed E-state index contributed by atoms with van der Waals surface area (Å²) in [6.07, 6.45) is 2.29. The zero-order chi connectivity index (χ0) is 15.5. The summed E-state index contributed by atoms with van der Waals surface area (Å²) in [6, 6.07) is 2.24. The van der Waals surface area contributed by atoms with E-state index in [1.165, 1.54) is 0 Å². The Morgan fingerprint density at radius 3 is 2.90 bits per heavy atom. The first kappa shape index (κ1) is 16.0. The third kappa shape index (κ3) is 4.28. The Morgan fingerprint density at radius 1 is 1.52 bits per heavy atom. The highest BCUT2D eigenvalue weighted by Gasteiger charge is 2.26. The molecule has 1 fully saturated rings. The number of carbonyl (C=O) groups excluding carboxylic acids is 1. The van der Waals surface area contributed by atoms with Crippen molar-refractivity contribution < 1.29 is 9.32 Å². The van der Waals surface area contributed by atoms with E-state index in [9.17, 15) is 4.79 Å². The van der Waals surface area contributed by atoms with Gasteiger partial charge in [-0.3, -0.25) is 15.0 Å². The van der Waals surface area contributed by atoms with Gasteiger partial charge in [0.15, 0.2) is 0 Å². The summed E-state index contributed by atoms with van der Waals surface area (Å²) < 4.78 is 5.19. The molecule has 118 valence electrons. The largest absolute Gasteiger partial charge is 0.338 e. The molecule has 2 heterocycles. The van der Waals surface area contributed by atoms with Gasteiger partial charge < -0.3 is 9.84 Å². The number of rotatable bonds is 5. The molecule has 21 heavy (non-hydrogen) atoms. The molecule has 1 aromatic rings. The predicted octanol–water partition coefficient (Wildman–Crippen LogP) is 1.59. The van der Waals surface area contributed by atoms with Crippen molar-refractivity contribution in [1.29, 1.82) is 0 Å². The Bertz CT molecular complexity index is 478. The summed E-state index contributed by atoms with van der Waals surface area (Å²) in [5, 5.41) is 9.98. The molecule has 1 aliphatic rings. The molecule has 0 aromatic carbocycles. The van der Waals surface area contributed by atoms with E-state index in [2.05, 4.69) is 41.5 Å². The summed E-state index contributed by atoms with van der Waals surface area (Å²) in [6.45, 7) is 8.47. The van der Waals surface area contributed by atoms with Crippen LogP contribution in [0.2, 0.25) is 0 Å². The molecule has 1 aliphatic heterocycles. The number of amides is 1. The van der Waals surface area contributed by atoms with Crippen LogP contribution in [-0.2, 0) is 10.2 Å². The second kappa shape index (κ2) is 6.58. The quantitative estimate of drug-likeness (QED) is 0.863. The lowest BCUT2D eigenvalue weighted by molar-refractivity contribution is -0.117. The van der Waals surface area contributed by atoms with Crippen LogP contribution in [0.15, 0.2) is 10.6 Å². The summed E-state index contributed by atoms with van der Waals surface area (Å²) in [5.74, 6) is 0.379. The number of carbonyl (C=O) groups is 1. The standard InChI is InChI=1S/C15H26N4O2/c1-15(2,3)12-8-14(21-18-12)17-13(20)10-19-7-5-6-11(19)9-16-4/h8,11,16H,5-7,9-10H2,1-4H3,(H,17,20). The van der Waals surface area contributed by atoms with Crippen LogP contribution in [0.1, 0.15) is 39.3 Å². The summed E-state index contributed by atoms with van der Waals surface area (Å²) in [4.78, 5) is 14.3. The second-order valence-corrected chi connectivity index (χ2v) is 6.70. The molecular formula is C15H26N4O2. The maximum absolute atomic E-state index is 12.1. The lowest BCUT2D eigenvalue weighted by Crippen LogP contribution is -2.41. The predicted molar refractivity (Wildman–Crippen MR) is 82.4 cm³/mol. The lowest BCUT2D eigenvalue weighted by Gasteiger charge is -2.23. The molecule has 0 spiro atoms. The van der Waals surface area contributed by atoms with Gasteiger partial charge in [0.1, 0.15) is 0 Å². The fourth-order valence-electron chi connectivity index (χ4n) is 2.62. The zero-order valence-corrected chi connectivity index (χ0v) is 13.4. The number of hydrogen-bond acceptors (Lipinski definition) is 5. The minimum atomic E-state index is -0.0840. The van der Waals surface area contributed by atoms with Gasteiger partial charge in [-0.2, -0.15) is 0 Å². The van der Waals surface area contributed by atoms with E-state index in [0.717, 1.165) is 31.6 Å². The van der Waals surface area contributed by atoms with Gasteiger partial charge in [-0.15, -0.1) is 0 Å². The van der Waals surface area contributed by atoms with Crippen molar-refractivity contribution >= 4 is 11.8 Å². The normalized spacial score (nSPS) is 19.9. The van der Waals surface area contributed by atoms with Crippen LogP contribution in [0.4, 0.5) is 5.88 Å². The Hall–Kier alpha value is -1.40. The third-order valence-corrected chi connectivity index (χ3v) is 3.83. The highest BCUT2D eigenvalue weighted by atomic mass is 16.5. The van der Waals surface area contributed by atoms with E-state index < -0.39 is 0 Å². The maximum atomic E-state index is 12.1. The zero-order valence-electron chi connectivity index (χ0n) is 13.4. The fourth-order valence-corrected chi connectivity index (χ4v) is 2.62. The van der Waals surface area contributed by atoms with Gasteiger partial charge in [0.2, 0.25) is 11.8 Å². The van der Waals surface area contributed by atoms with Gasteiger partial charge in [0, 0.05) is 24.1 Å². The van der Waals surface area contributed by atoms with E-state index in [4.69, 9.17) is 4.52 Å². The average Bonchev–Trinajstić information content (AvgIpc) is 2.99. The van der Waals surface area contributed by atoms with Gasteiger partial charge in [0.25, 0.3) is 0 Å². The highest BCUT2D eigenvalue weighted by Crippen LogP contribution is 2.23. The van der Waals surface area contributed by atoms with Gasteiger partial charge >= 0.3 is 0 Å². The first-order valence-corrected chi connectivity index (χ1v) is 7.56. The summed E-state index contributed by atoms with van der Waals surface area (Å²) in [7, 11) is 1.94. The van der Waals surface area contributed by atoms with Gasteiger partial charge in [-0.25, -0.2) is 0 Å². The molecule has 6 nitrogen and oxygen atoms in total. The van der Waals surface area contributed by atoms with Crippen LogP contribution in [-0.4, -0.2) is 48.7 Å². The fraction of sp³-hybridized carbons (Fsp3) is 0.733. The van der Waals surface area contributed by atoms with Crippen molar-refractivity contribution in [3.8, 4) is 0 Å². The second-order valence-electron chi connectivity index (χ2n) is 6.70. The maximum Gasteiger partial charge on any atom is 0.240 e. The molecule has 0 aliphatic carbocycles. The van der Waals surface area contributed by atoms with Crippen molar-refractivity contribution in [3.05, 3.63) is 11.8 Å². The minimum Gasteiger partial charge on any atom is -0.338 e. The molecule has 6 heteroatoms. The molecule has 1 aromatic heterocycles. The molecule has 0 radical (unpaired) electrons. The summed E-state index contributed by atoms with van der Waals surface area (Å²) in [5.41, 5.74) is 0.756. The Balaban J connectivity index is 1.88. The van der Waals surface area contributed by atoms with E-state index >= 15 is 0 Å². The highest BCUT2D eigenvalue weighted by molar-refractivity contribution is 5.91. The summed E-state index contributed by atoms with van der Waals surface area (Å²) >= 11 is 0. The topological polar surface area (TPSA) is 70.4 Å². The van der Waals surface area contributed by atoms with E-state index in [1.54, 1.807) is 6.07 Å². The van der Waals surface area contributed by atoms with Gasteiger partial charge in [0.05, 0.1) is 12.2 Å². The Kier molecular flexibility index (Phi) is 5.00. The van der Waals surface area contributed by atoms with Gasteiger partial charge in [-0.1, -0.05) is 25.9 Å². The molecular weight excluding hydrogens is 268 g/mol. The van der Waals surface area contributed by atoms with Crippen LogP contribution in [0.5, 0.6) is 0 Å². The Morgan fingerprint density at radius 2 is 2.29 bits per heavy atom. The number of likely N-dealkylation sites (N-methyl/N-ethyl adjacent to an activating group) is 1. The molecule has 1 atom stereocenters. The van der Waals surface area contributed by atoms with Crippen LogP contribution in [0.3, 0.4) is 0 Å². The van der Waals surface area contributed by atoms with Crippen LogP contribution < -0.4 is 10.6 Å². The van der Waals surface area contributed by atoms with E-state index in [-0.39, 0.29) is 11.3 Å². The van der Waals surface area contributed by atoms with Crippen LogP contribution >= 0.6 is 0 Å². The number of nitrogens with zero attached hydrogens (tertiary/aromatic N) is 2. The molecule has 1 unspecified atom stereocenters. The lowest BCUT2D eigenvalue weighted by atomic mass is 9.92. The smallest absolute Gasteiger partial charge is 0.240 e. The number of aromatic nitrogens is 1. The molecule has 1 amide bonds.